The van der Waals surface area contributed by atoms with E-state index in [0.29, 0.717) is 18.1 Å². The van der Waals surface area contributed by atoms with Crippen LogP contribution in [0.15, 0.2) is 42.7 Å². The van der Waals surface area contributed by atoms with Crippen molar-refractivity contribution in [1.29, 1.82) is 0 Å². The van der Waals surface area contributed by atoms with Crippen molar-refractivity contribution < 1.29 is 9.13 Å². The number of hydrogen-bond acceptors (Lipinski definition) is 4. The Kier molecular flexibility index (Phi) is 4.06. The van der Waals surface area contributed by atoms with Crippen LogP contribution in [0.2, 0.25) is 5.02 Å². The Bertz CT molecular complexity index is 826. The van der Waals surface area contributed by atoms with E-state index in [2.05, 4.69) is 15.3 Å². The molecule has 0 saturated heterocycles. The molecule has 4 nitrogen and oxygen atoms in total. The third-order valence-corrected chi connectivity index (χ3v) is 3.39. The molecule has 0 radical (unpaired) electrons. The summed E-state index contributed by atoms with van der Waals surface area (Å²) in [6.07, 6.45) is 1.46. The summed E-state index contributed by atoms with van der Waals surface area (Å²) in [7, 11) is 0. The molecule has 3 aromatic rings. The molecule has 22 heavy (non-hydrogen) atoms. The van der Waals surface area contributed by atoms with Gasteiger partial charge in [-0.2, -0.15) is 0 Å². The van der Waals surface area contributed by atoms with E-state index in [0.717, 1.165) is 16.7 Å². The molecule has 0 amide bonds. The van der Waals surface area contributed by atoms with Crippen LogP contribution in [0, 0.1) is 5.82 Å². The highest BCUT2D eigenvalue weighted by Crippen LogP contribution is 2.27. The lowest BCUT2D eigenvalue weighted by molar-refractivity contribution is 0.340. The lowest BCUT2D eigenvalue weighted by Gasteiger charge is -2.10. The van der Waals surface area contributed by atoms with Crippen LogP contribution in [-0.2, 0) is 0 Å². The molecule has 0 aliphatic carbocycles. The molecule has 6 heteroatoms. The quantitative estimate of drug-likeness (QED) is 0.766. The van der Waals surface area contributed by atoms with E-state index in [1.54, 1.807) is 6.07 Å². The Labute approximate surface area is 131 Å². The summed E-state index contributed by atoms with van der Waals surface area (Å²) < 4.78 is 18.7. The van der Waals surface area contributed by atoms with Crippen LogP contribution in [0.4, 0.5) is 15.9 Å². The Morgan fingerprint density at radius 1 is 1.18 bits per heavy atom. The highest BCUT2D eigenvalue weighted by Gasteiger charge is 2.07. The number of rotatable bonds is 4. The maximum Gasteiger partial charge on any atom is 0.141 e. The topological polar surface area (TPSA) is 47.0 Å². The van der Waals surface area contributed by atoms with E-state index in [4.69, 9.17) is 16.3 Å². The highest BCUT2D eigenvalue weighted by molar-refractivity contribution is 6.31. The largest absolute Gasteiger partial charge is 0.494 e. The van der Waals surface area contributed by atoms with Gasteiger partial charge in [-0.3, -0.25) is 0 Å². The Morgan fingerprint density at radius 3 is 2.82 bits per heavy atom. The lowest BCUT2D eigenvalue weighted by Crippen LogP contribution is -1.97. The van der Waals surface area contributed by atoms with Crippen LogP contribution in [0.3, 0.4) is 0 Å². The van der Waals surface area contributed by atoms with Crippen molar-refractivity contribution in [2.45, 2.75) is 6.92 Å². The van der Waals surface area contributed by atoms with Gasteiger partial charge in [0.2, 0.25) is 0 Å². The minimum atomic E-state index is -0.457. The van der Waals surface area contributed by atoms with E-state index < -0.39 is 5.82 Å². The van der Waals surface area contributed by atoms with E-state index >= 15 is 0 Å². The van der Waals surface area contributed by atoms with Gasteiger partial charge in [-0.1, -0.05) is 11.6 Å². The molecule has 112 valence electrons. The highest BCUT2D eigenvalue weighted by atomic mass is 35.5. The second kappa shape index (κ2) is 6.15. The van der Waals surface area contributed by atoms with Crippen LogP contribution in [-0.4, -0.2) is 16.6 Å². The molecule has 3 rings (SSSR count). The SMILES string of the molecule is CCOc1ccc2c(Nc3ccc(F)c(Cl)c3)ncnc2c1. The summed E-state index contributed by atoms with van der Waals surface area (Å²) in [5.74, 6) is 0.918. The summed E-state index contributed by atoms with van der Waals surface area (Å²) in [6.45, 7) is 2.52. The van der Waals surface area contributed by atoms with Crippen molar-refractivity contribution in [3.63, 3.8) is 0 Å². The Hall–Kier alpha value is -2.40. The molecule has 0 aliphatic heterocycles. The average molecular weight is 318 g/mol. The van der Waals surface area contributed by atoms with E-state index in [-0.39, 0.29) is 5.02 Å². The average Bonchev–Trinajstić information content (AvgIpc) is 2.51. The van der Waals surface area contributed by atoms with Crippen molar-refractivity contribution in [3.8, 4) is 5.75 Å². The van der Waals surface area contributed by atoms with E-state index in [1.165, 1.54) is 18.5 Å². The van der Waals surface area contributed by atoms with Crippen LogP contribution in [0.25, 0.3) is 10.9 Å². The summed E-state index contributed by atoms with van der Waals surface area (Å²) in [6, 6.07) is 10.0. The normalized spacial score (nSPS) is 10.7. The first kappa shape index (κ1) is 14.5. The fraction of sp³-hybridized carbons (Fsp3) is 0.125. The number of hydrogen-bond donors (Lipinski definition) is 1. The zero-order valence-electron chi connectivity index (χ0n) is 11.8. The second-order valence-corrected chi connectivity index (χ2v) is 5.00. The van der Waals surface area contributed by atoms with Crippen LogP contribution in [0.1, 0.15) is 6.92 Å². The van der Waals surface area contributed by atoms with E-state index in [1.807, 2.05) is 25.1 Å². The van der Waals surface area contributed by atoms with Crippen molar-refractivity contribution >= 4 is 34.0 Å². The molecule has 0 fully saturated rings. The minimum Gasteiger partial charge on any atom is -0.494 e. The van der Waals surface area contributed by atoms with Gasteiger partial charge in [-0.15, -0.1) is 0 Å². The fourth-order valence-corrected chi connectivity index (χ4v) is 2.28. The monoisotopic (exact) mass is 317 g/mol. The molecule has 1 heterocycles. The van der Waals surface area contributed by atoms with Gasteiger partial charge in [0.25, 0.3) is 0 Å². The zero-order valence-corrected chi connectivity index (χ0v) is 12.6. The predicted octanol–water partition coefficient (Wildman–Crippen LogP) is 4.56. The van der Waals surface area contributed by atoms with Crippen LogP contribution >= 0.6 is 11.6 Å². The number of benzene rings is 2. The standard InChI is InChI=1S/C16H13ClFN3O/c1-2-22-11-4-5-12-15(8-11)19-9-20-16(12)21-10-3-6-14(18)13(17)7-10/h3-9H,2H2,1H3,(H,19,20,21). The van der Waals surface area contributed by atoms with Crippen molar-refractivity contribution in [2.75, 3.05) is 11.9 Å². The number of halogens is 2. The number of ether oxygens (including phenoxy) is 1. The third kappa shape index (κ3) is 2.94. The number of aromatic nitrogens is 2. The second-order valence-electron chi connectivity index (χ2n) is 4.59. The Morgan fingerprint density at radius 2 is 2.05 bits per heavy atom. The first-order chi connectivity index (χ1) is 10.7. The molecule has 1 N–H and O–H groups in total. The van der Waals surface area contributed by atoms with Crippen LogP contribution in [0.5, 0.6) is 5.75 Å². The molecule has 0 unspecified atom stereocenters. The summed E-state index contributed by atoms with van der Waals surface area (Å²) in [4.78, 5) is 8.47. The molecule has 0 bridgehead atoms. The van der Waals surface area contributed by atoms with Gasteiger partial charge in [0.05, 0.1) is 17.1 Å². The fourth-order valence-electron chi connectivity index (χ4n) is 2.10. The molecule has 0 spiro atoms. The molecule has 2 aromatic carbocycles. The van der Waals surface area contributed by atoms with Gasteiger partial charge in [0.15, 0.2) is 0 Å². The summed E-state index contributed by atoms with van der Waals surface area (Å²) in [5.41, 5.74) is 1.41. The van der Waals surface area contributed by atoms with Gasteiger partial charge in [-0.25, -0.2) is 14.4 Å². The van der Waals surface area contributed by atoms with Crippen molar-refractivity contribution in [3.05, 3.63) is 53.6 Å². The van der Waals surface area contributed by atoms with Crippen LogP contribution < -0.4 is 10.1 Å². The molecular formula is C16H13ClFN3O. The van der Waals surface area contributed by atoms with Gasteiger partial charge < -0.3 is 10.1 Å². The minimum absolute atomic E-state index is 0.0574. The number of nitrogens with zero attached hydrogens (tertiary/aromatic N) is 2. The smallest absolute Gasteiger partial charge is 0.141 e. The zero-order chi connectivity index (χ0) is 15.5. The maximum absolute atomic E-state index is 13.2. The van der Waals surface area contributed by atoms with Crippen molar-refractivity contribution in [2.24, 2.45) is 0 Å². The molecule has 0 saturated carbocycles. The first-order valence-electron chi connectivity index (χ1n) is 6.77. The van der Waals surface area contributed by atoms with E-state index in [9.17, 15) is 4.39 Å². The third-order valence-electron chi connectivity index (χ3n) is 3.10. The van der Waals surface area contributed by atoms with Crippen molar-refractivity contribution in [1.82, 2.24) is 9.97 Å². The summed E-state index contributed by atoms with van der Waals surface area (Å²) >= 11 is 5.79. The first-order valence-corrected chi connectivity index (χ1v) is 7.15. The number of nitrogens with one attached hydrogen (secondary N) is 1. The predicted molar refractivity (Wildman–Crippen MR) is 85.4 cm³/mol. The number of fused-ring (bicyclic) bond motifs is 1. The number of anilines is 2. The molecule has 0 aliphatic rings. The van der Waals surface area contributed by atoms with Gasteiger partial charge in [0.1, 0.15) is 23.7 Å². The van der Waals surface area contributed by atoms with Gasteiger partial charge >= 0.3 is 0 Å². The Balaban J connectivity index is 1.98. The van der Waals surface area contributed by atoms with Gasteiger partial charge in [-0.05, 0) is 37.3 Å². The summed E-state index contributed by atoms with van der Waals surface area (Å²) in [5, 5.41) is 4.02. The van der Waals surface area contributed by atoms with Gasteiger partial charge in [0, 0.05) is 17.1 Å². The molecule has 0 atom stereocenters. The molecular weight excluding hydrogens is 305 g/mol. The molecule has 1 aromatic heterocycles. The lowest BCUT2D eigenvalue weighted by atomic mass is 10.2. The maximum atomic E-state index is 13.2.